The first-order chi connectivity index (χ1) is 23.5. The maximum atomic E-state index is 14.3. The number of carbonyl (C=O) groups is 4. The van der Waals surface area contributed by atoms with Crippen LogP contribution in [-0.2, 0) is 23.9 Å². The molecule has 0 spiro atoms. The number of carbonyl (C=O) groups excluding carboxylic acids is 4. The lowest BCUT2D eigenvalue weighted by atomic mass is 9.99. The molecule has 3 atom stereocenters. The van der Waals surface area contributed by atoms with Gasteiger partial charge in [-0.2, -0.15) is 0 Å². The number of thiazole rings is 1. The van der Waals surface area contributed by atoms with Crippen molar-refractivity contribution in [2.24, 2.45) is 0 Å². The molecule has 0 radical (unpaired) electrons. The third-order valence-corrected chi connectivity index (χ3v) is 9.93. The average Bonchev–Trinajstić information content (AvgIpc) is 3.53. The Balaban J connectivity index is 1.28. The van der Waals surface area contributed by atoms with Gasteiger partial charge in [0.05, 0.1) is 4.88 Å². The second-order valence-corrected chi connectivity index (χ2v) is 14.5. The summed E-state index contributed by atoms with van der Waals surface area (Å²) in [7, 11) is 0. The topological polar surface area (TPSA) is 153 Å². The molecule has 0 saturated carbocycles. The highest BCUT2D eigenvalue weighted by Crippen LogP contribution is 2.45. The van der Waals surface area contributed by atoms with Gasteiger partial charge in [-0.05, 0) is 37.5 Å². The summed E-state index contributed by atoms with van der Waals surface area (Å²) in [5.74, 6) is -1.46. The summed E-state index contributed by atoms with van der Waals surface area (Å²) >= 11 is 2.60. The summed E-state index contributed by atoms with van der Waals surface area (Å²) in [6.07, 6.45) is 0.0460. The summed E-state index contributed by atoms with van der Waals surface area (Å²) in [6, 6.07) is 25.3. The van der Waals surface area contributed by atoms with Crippen molar-refractivity contribution in [1.82, 2.24) is 20.5 Å². The fourth-order valence-corrected chi connectivity index (χ4v) is 7.76. The van der Waals surface area contributed by atoms with Crippen molar-refractivity contribution in [3.05, 3.63) is 124 Å². The first-order valence-corrected chi connectivity index (χ1v) is 17.4. The molecule has 49 heavy (non-hydrogen) atoms. The van der Waals surface area contributed by atoms with Gasteiger partial charge in [-0.25, -0.2) is 14.6 Å². The smallest absolute Gasteiger partial charge is 0.408 e. The molecule has 4 N–H and O–H groups in total. The Bertz CT molecular complexity index is 1840. The van der Waals surface area contributed by atoms with Crippen molar-refractivity contribution in [3.63, 3.8) is 0 Å². The number of hydrogen-bond acceptors (Lipinski definition) is 10. The maximum Gasteiger partial charge on any atom is 0.408 e. The van der Waals surface area contributed by atoms with E-state index in [0.29, 0.717) is 26.9 Å². The van der Waals surface area contributed by atoms with Crippen LogP contribution in [0.2, 0.25) is 0 Å². The molecule has 3 aromatic carbocycles. The predicted octanol–water partition coefficient (Wildman–Crippen LogP) is 5.44. The van der Waals surface area contributed by atoms with Crippen molar-refractivity contribution in [2.75, 3.05) is 11.5 Å². The van der Waals surface area contributed by atoms with Crippen LogP contribution in [0.25, 0.3) is 5.57 Å². The minimum atomic E-state index is -1.14. The lowest BCUT2D eigenvalue weighted by molar-refractivity contribution is -0.154. The number of aromatic nitrogens is 1. The minimum Gasteiger partial charge on any atom is -0.448 e. The molecule has 6 rings (SSSR count). The van der Waals surface area contributed by atoms with Crippen molar-refractivity contribution in [2.45, 2.75) is 49.9 Å². The van der Waals surface area contributed by atoms with E-state index in [-0.39, 0.29) is 5.70 Å². The molecule has 1 fully saturated rings. The maximum absolute atomic E-state index is 14.3. The zero-order chi connectivity index (χ0) is 34.7. The summed E-state index contributed by atoms with van der Waals surface area (Å²) in [4.78, 5) is 60.8. The fraction of sp³-hybridized carbons (Fsp3) is 0.250. The summed E-state index contributed by atoms with van der Waals surface area (Å²) in [6.45, 7) is 5.16. The molecule has 252 valence electrons. The van der Waals surface area contributed by atoms with Gasteiger partial charge in [0.2, 0.25) is 5.91 Å². The van der Waals surface area contributed by atoms with Gasteiger partial charge in [-0.3, -0.25) is 14.5 Å². The quantitative estimate of drug-likeness (QED) is 0.153. The number of nitrogens with two attached hydrogens (primary N) is 1. The van der Waals surface area contributed by atoms with Crippen LogP contribution in [-0.4, -0.2) is 56.5 Å². The van der Waals surface area contributed by atoms with E-state index < -0.39 is 53.0 Å². The normalized spacial score (nSPS) is 17.9. The van der Waals surface area contributed by atoms with Crippen molar-refractivity contribution < 1.29 is 28.7 Å². The van der Waals surface area contributed by atoms with Crippen LogP contribution >= 0.6 is 23.1 Å². The lowest BCUT2D eigenvalue weighted by Crippen LogP contribution is -2.71. The number of ether oxygens (including phenoxy) is 2. The molecule has 0 aliphatic carbocycles. The Hall–Kier alpha value is -5.14. The average molecular weight is 698 g/mol. The van der Waals surface area contributed by atoms with E-state index in [1.807, 2.05) is 60.7 Å². The van der Waals surface area contributed by atoms with Gasteiger partial charge >= 0.3 is 12.1 Å². The first kappa shape index (κ1) is 33.7. The van der Waals surface area contributed by atoms with Gasteiger partial charge in [-0.15, -0.1) is 11.8 Å². The van der Waals surface area contributed by atoms with Gasteiger partial charge in [0.25, 0.3) is 5.91 Å². The van der Waals surface area contributed by atoms with Crippen LogP contribution in [0.4, 0.5) is 9.93 Å². The molecule has 2 aliphatic heterocycles. The lowest BCUT2D eigenvalue weighted by Gasteiger charge is -2.50. The number of esters is 1. The Labute approximate surface area is 291 Å². The number of β-lactam (4-membered cyclic amide) rings is 1. The number of fused-ring (bicyclic) bond motifs is 1. The SMILES string of the molecule is CC(C)(C)OC(=O)NC(C(=O)NC1C(=O)N2C(C(=O)OC(c3ccccc3)c3ccccc3)=C(c3cnc(N)s3)CSC12)c1ccccc1. The number of hydrogen-bond donors (Lipinski definition) is 3. The van der Waals surface area contributed by atoms with Crippen molar-refractivity contribution >= 4 is 57.7 Å². The third-order valence-electron chi connectivity index (χ3n) is 7.77. The zero-order valence-electron chi connectivity index (χ0n) is 27.0. The molecule has 1 aromatic heterocycles. The predicted molar refractivity (Wildman–Crippen MR) is 188 cm³/mol. The molecule has 0 bridgehead atoms. The number of nitrogens with zero attached hydrogens (tertiary/aromatic N) is 2. The number of rotatable bonds is 9. The van der Waals surface area contributed by atoms with E-state index in [4.69, 9.17) is 15.2 Å². The molecule has 13 heteroatoms. The highest BCUT2D eigenvalue weighted by Gasteiger charge is 2.55. The van der Waals surface area contributed by atoms with Crippen LogP contribution in [0.15, 0.2) is 103 Å². The van der Waals surface area contributed by atoms with Crippen LogP contribution in [0, 0.1) is 0 Å². The minimum absolute atomic E-state index is 0.0752. The first-order valence-electron chi connectivity index (χ1n) is 15.6. The summed E-state index contributed by atoms with van der Waals surface area (Å²) in [5.41, 5.74) is 7.84. The molecule has 3 unspecified atom stereocenters. The van der Waals surface area contributed by atoms with Crippen LogP contribution in [0.5, 0.6) is 0 Å². The Morgan fingerprint density at radius 2 is 1.49 bits per heavy atom. The Morgan fingerprint density at radius 3 is 2.02 bits per heavy atom. The second-order valence-electron chi connectivity index (χ2n) is 12.4. The van der Waals surface area contributed by atoms with E-state index in [1.165, 1.54) is 28.0 Å². The number of benzene rings is 3. The fourth-order valence-electron chi connectivity index (χ4n) is 5.58. The Kier molecular flexibility index (Phi) is 9.74. The molecular formula is C36H35N5O6S2. The monoisotopic (exact) mass is 697 g/mol. The van der Waals surface area contributed by atoms with E-state index in [0.717, 1.165) is 11.1 Å². The molecular weight excluding hydrogens is 663 g/mol. The number of nitrogen functional groups attached to an aromatic ring is 1. The van der Waals surface area contributed by atoms with Gasteiger partial charge in [-0.1, -0.05) is 102 Å². The van der Waals surface area contributed by atoms with Gasteiger partial charge in [0.1, 0.15) is 28.8 Å². The molecule has 11 nitrogen and oxygen atoms in total. The Morgan fingerprint density at radius 1 is 0.918 bits per heavy atom. The zero-order valence-corrected chi connectivity index (χ0v) is 28.6. The van der Waals surface area contributed by atoms with Gasteiger partial charge in [0, 0.05) is 17.5 Å². The second kappa shape index (κ2) is 14.1. The number of thioether (sulfide) groups is 1. The van der Waals surface area contributed by atoms with Crippen molar-refractivity contribution in [3.8, 4) is 0 Å². The largest absolute Gasteiger partial charge is 0.448 e. The van der Waals surface area contributed by atoms with Gasteiger partial charge < -0.3 is 25.8 Å². The highest BCUT2D eigenvalue weighted by molar-refractivity contribution is 8.00. The van der Waals surface area contributed by atoms with Crippen molar-refractivity contribution in [1.29, 1.82) is 0 Å². The van der Waals surface area contributed by atoms with E-state index in [1.54, 1.807) is 57.3 Å². The van der Waals surface area contributed by atoms with E-state index >= 15 is 0 Å². The third kappa shape index (κ3) is 7.47. The molecule has 2 aliphatic rings. The number of anilines is 1. The number of nitrogens with one attached hydrogen (secondary N) is 2. The number of amides is 3. The van der Waals surface area contributed by atoms with Crippen LogP contribution < -0.4 is 16.4 Å². The standard InChI is InChI=1S/C36H35N5O6S2/c1-36(2,3)47-35(45)40-26(21-13-7-4-8-14-21)30(42)39-27-31(43)41-28(24(20-48-32(27)41)25-19-38-34(37)49-25)33(44)46-29(22-15-9-5-10-16-22)23-17-11-6-12-18-23/h4-19,26-27,29,32H,20H2,1-3H3,(H2,37,38)(H,39,42)(H,40,45). The molecule has 3 amide bonds. The number of alkyl carbamates (subject to hydrolysis) is 1. The molecule has 4 aromatic rings. The van der Waals surface area contributed by atoms with Crippen LogP contribution in [0.1, 0.15) is 54.5 Å². The molecule has 1 saturated heterocycles. The molecule has 3 heterocycles. The highest BCUT2D eigenvalue weighted by atomic mass is 32.2. The summed E-state index contributed by atoms with van der Waals surface area (Å²) in [5, 5.41) is 5.16. The van der Waals surface area contributed by atoms with Crippen LogP contribution in [0.3, 0.4) is 0 Å². The summed E-state index contributed by atoms with van der Waals surface area (Å²) < 4.78 is 11.6. The van der Waals surface area contributed by atoms with E-state index in [2.05, 4.69) is 15.6 Å². The van der Waals surface area contributed by atoms with E-state index in [9.17, 15) is 19.2 Å². The van der Waals surface area contributed by atoms with Gasteiger partial charge in [0.15, 0.2) is 11.2 Å².